The van der Waals surface area contributed by atoms with Crippen molar-refractivity contribution in [2.75, 3.05) is 27.2 Å². The predicted octanol–water partition coefficient (Wildman–Crippen LogP) is 0.943. The van der Waals surface area contributed by atoms with Crippen LogP contribution in [0.3, 0.4) is 0 Å². The smallest absolute Gasteiger partial charge is 0.228 e. The van der Waals surface area contributed by atoms with E-state index in [4.69, 9.17) is 5.73 Å². The third-order valence-corrected chi connectivity index (χ3v) is 4.79. The summed E-state index contributed by atoms with van der Waals surface area (Å²) < 4.78 is 0. The monoisotopic (exact) mass is 296 g/mol. The average molecular weight is 296 g/mol. The van der Waals surface area contributed by atoms with E-state index in [0.29, 0.717) is 18.4 Å². The van der Waals surface area contributed by atoms with Gasteiger partial charge in [0.05, 0.1) is 12.1 Å². The summed E-state index contributed by atoms with van der Waals surface area (Å²) in [6, 6.07) is 0.567. The molecule has 20 heavy (non-hydrogen) atoms. The fourth-order valence-corrected chi connectivity index (χ4v) is 3.38. The molecule has 1 fully saturated rings. The van der Waals surface area contributed by atoms with Crippen LogP contribution in [0, 0.1) is 5.92 Å². The van der Waals surface area contributed by atoms with Crippen LogP contribution in [0.5, 0.6) is 0 Å². The van der Waals surface area contributed by atoms with Crippen LogP contribution in [0.1, 0.15) is 24.0 Å². The molecule has 1 aliphatic rings. The van der Waals surface area contributed by atoms with Gasteiger partial charge >= 0.3 is 0 Å². The van der Waals surface area contributed by atoms with Gasteiger partial charge < -0.3 is 10.6 Å². The Hall–Kier alpha value is -0.980. The van der Waals surface area contributed by atoms with Gasteiger partial charge in [0.15, 0.2) is 0 Å². The van der Waals surface area contributed by atoms with Gasteiger partial charge in [-0.15, -0.1) is 11.3 Å². The Kier molecular flexibility index (Phi) is 5.12. The Bertz CT molecular complexity index is 460. The minimum absolute atomic E-state index is 0.101. The molecule has 1 aromatic rings. The minimum Gasteiger partial charge on any atom is -0.348 e. The zero-order valence-corrected chi connectivity index (χ0v) is 13.3. The minimum atomic E-state index is 0.101. The first-order chi connectivity index (χ1) is 9.49. The number of carbonyl (C=O) groups is 1. The number of hydrogen-bond donors (Lipinski definition) is 1. The van der Waals surface area contributed by atoms with Crippen LogP contribution in [-0.2, 0) is 17.8 Å². The van der Waals surface area contributed by atoms with Gasteiger partial charge in [-0.25, -0.2) is 4.98 Å². The molecule has 2 unspecified atom stereocenters. The first kappa shape index (κ1) is 15.4. The van der Waals surface area contributed by atoms with E-state index < -0.39 is 0 Å². The van der Waals surface area contributed by atoms with E-state index >= 15 is 0 Å². The zero-order valence-electron chi connectivity index (χ0n) is 12.5. The molecule has 2 rings (SSSR count). The standard InChI is InChI=1S/C14H24N4OS/c1-10-4-11(6-15)7-18(10)8-12-9-20-13(16-12)5-14(19)17(2)3/h9-11H,4-8,15H2,1-3H3. The number of likely N-dealkylation sites (tertiary alicyclic amines) is 1. The van der Waals surface area contributed by atoms with Crippen LogP contribution < -0.4 is 5.73 Å². The Morgan fingerprint density at radius 3 is 2.95 bits per heavy atom. The lowest BCUT2D eigenvalue weighted by molar-refractivity contribution is -0.127. The molecule has 0 aliphatic carbocycles. The molecule has 1 saturated heterocycles. The van der Waals surface area contributed by atoms with Crippen molar-refractivity contribution < 1.29 is 4.79 Å². The van der Waals surface area contributed by atoms with E-state index in [1.54, 1.807) is 30.3 Å². The second-order valence-electron chi connectivity index (χ2n) is 5.81. The van der Waals surface area contributed by atoms with E-state index in [1.807, 2.05) is 0 Å². The summed E-state index contributed by atoms with van der Waals surface area (Å²) >= 11 is 1.58. The van der Waals surface area contributed by atoms with Crippen LogP contribution in [0.25, 0.3) is 0 Å². The largest absolute Gasteiger partial charge is 0.348 e. The van der Waals surface area contributed by atoms with Crippen LogP contribution in [-0.4, -0.2) is 53.9 Å². The number of likely N-dealkylation sites (N-methyl/N-ethyl adjacent to an activating group) is 1. The zero-order chi connectivity index (χ0) is 14.7. The number of amides is 1. The van der Waals surface area contributed by atoms with Crippen LogP contribution in [0.2, 0.25) is 0 Å². The molecule has 2 heterocycles. The molecule has 0 radical (unpaired) electrons. The lowest BCUT2D eigenvalue weighted by Crippen LogP contribution is -2.27. The fraction of sp³-hybridized carbons (Fsp3) is 0.714. The molecule has 6 heteroatoms. The van der Waals surface area contributed by atoms with Gasteiger partial charge in [0.2, 0.25) is 5.91 Å². The van der Waals surface area contributed by atoms with E-state index in [-0.39, 0.29) is 5.91 Å². The molecule has 1 aromatic heterocycles. The van der Waals surface area contributed by atoms with Crippen molar-refractivity contribution >= 4 is 17.2 Å². The molecule has 112 valence electrons. The molecule has 0 bridgehead atoms. The summed E-state index contributed by atoms with van der Waals surface area (Å²) in [5, 5.41) is 2.97. The molecule has 0 aromatic carbocycles. The highest BCUT2D eigenvalue weighted by atomic mass is 32.1. The molecular formula is C14H24N4OS. The molecule has 1 amide bonds. The molecule has 0 spiro atoms. The normalized spacial score (nSPS) is 23.2. The molecule has 5 nitrogen and oxygen atoms in total. The van der Waals surface area contributed by atoms with Crippen molar-refractivity contribution in [2.45, 2.75) is 32.4 Å². The highest BCUT2D eigenvalue weighted by Crippen LogP contribution is 2.24. The van der Waals surface area contributed by atoms with Crippen LogP contribution in [0.4, 0.5) is 0 Å². The lowest BCUT2D eigenvalue weighted by atomic mass is 10.1. The first-order valence-corrected chi connectivity index (χ1v) is 7.95. The van der Waals surface area contributed by atoms with E-state index in [0.717, 1.165) is 30.3 Å². The quantitative estimate of drug-likeness (QED) is 0.878. The van der Waals surface area contributed by atoms with Gasteiger partial charge in [-0.2, -0.15) is 0 Å². The SMILES string of the molecule is CC1CC(CN)CN1Cc1csc(CC(=O)N(C)C)n1. The van der Waals surface area contributed by atoms with Gasteiger partial charge in [-0.3, -0.25) is 9.69 Å². The number of hydrogen-bond acceptors (Lipinski definition) is 5. The van der Waals surface area contributed by atoms with Crippen molar-refractivity contribution in [3.05, 3.63) is 16.1 Å². The maximum atomic E-state index is 11.7. The Labute approximate surface area is 124 Å². The second-order valence-corrected chi connectivity index (χ2v) is 6.76. The van der Waals surface area contributed by atoms with Crippen molar-refractivity contribution in [3.63, 3.8) is 0 Å². The van der Waals surface area contributed by atoms with E-state index in [1.165, 1.54) is 6.42 Å². The molecule has 0 saturated carbocycles. The van der Waals surface area contributed by atoms with Gasteiger partial charge in [0.1, 0.15) is 5.01 Å². The van der Waals surface area contributed by atoms with Gasteiger partial charge in [0, 0.05) is 38.6 Å². The van der Waals surface area contributed by atoms with Crippen molar-refractivity contribution in [1.82, 2.24) is 14.8 Å². The van der Waals surface area contributed by atoms with Crippen molar-refractivity contribution in [3.8, 4) is 0 Å². The summed E-state index contributed by atoms with van der Waals surface area (Å²) in [5.41, 5.74) is 6.83. The Morgan fingerprint density at radius 1 is 1.60 bits per heavy atom. The third kappa shape index (κ3) is 3.77. The van der Waals surface area contributed by atoms with E-state index in [2.05, 4.69) is 22.2 Å². The summed E-state index contributed by atoms with van der Waals surface area (Å²) in [6.45, 7) is 4.93. The van der Waals surface area contributed by atoms with Gasteiger partial charge in [-0.05, 0) is 25.8 Å². The summed E-state index contributed by atoms with van der Waals surface area (Å²) in [6.07, 6.45) is 1.57. The number of nitrogens with zero attached hydrogens (tertiary/aromatic N) is 3. The second kappa shape index (κ2) is 6.65. The van der Waals surface area contributed by atoms with Crippen molar-refractivity contribution in [1.29, 1.82) is 0 Å². The topological polar surface area (TPSA) is 62.5 Å². The maximum Gasteiger partial charge on any atom is 0.228 e. The number of carbonyl (C=O) groups excluding carboxylic acids is 1. The number of nitrogens with two attached hydrogens (primary N) is 1. The lowest BCUT2D eigenvalue weighted by Gasteiger charge is -2.19. The van der Waals surface area contributed by atoms with Gasteiger partial charge in [-0.1, -0.05) is 0 Å². The number of rotatable bonds is 5. The number of thiazole rings is 1. The van der Waals surface area contributed by atoms with E-state index in [9.17, 15) is 4.79 Å². The summed E-state index contributed by atoms with van der Waals surface area (Å²) in [7, 11) is 3.55. The third-order valence-electron chi connectivity index (χ3n) is 3.89. The Morgan fingerprint density at radius 2 is 2.35 bits per heavy atom. The van der Waals surface area contributed by atoms with Crippen molar-refractivity contribution in [2.24, 2.45) is 11.7 Å². The average Bonchev–Trinajstić information content (AvgIpc) is 2.97. The Balaban J connectivity index is 1.91. The highest BCUT2D eigenvalue weighted by molar-refractivity contribution is 7.09. The fourth-order valence-electron chi connectivity index (χ4n) is 2.61. The molecule has 1 aliphatic heterocycles. The first-order valence-electron chi connectivity index (χ1n) is 7.07. The highest BCUT2D eigenvalue weighted by Gasteiger charge is 2.28. The summed E-state index contributed by atoms with van der Waals surface area (Å²) in [4.78, 5) is 20.3. The van der Waals surface area contributed by atoms with Crippen LogP contribution >= 0.6 is 11.3 Å². The number of aromatic nitrogens is 1. The molecular weight excluding hydrogens is 272 g/mol. The van der Waals surface area contributed by atoms with Crippen LogP contribution in [0.15, 0.2) is 5.38 Å². The molecule has 2 atom stereocenters. The maximum absolute atomic E-state index is 11.7. The predicted molar refractivity (Wildman–Crippen MR) is 81.5 cm³/mol. The summed E-state index contributed by atoms with van der Waals surface area (Å²) in [5.74, 6) is 0.710. The molecule has 2 N–H and O–H groups in total. The van der Waals surface area contributed by atoms with Gasteiger partial charge in [0.25, 0.3) is 0 Å².